The van der Waals surface area contributed by atoms with Crippen molar-refractivity contribution in [2.45, 2.75) is 18.9 Å². The second-order valence-electron chi connectivity index (χ2n) is 5.73. The molecule has 1 aliphatic rings. The third-order valence-corrected chi connectivity index (χ3v) is 4.45. The van der Waals surface area contributed by atoms with Gasteiger partial charge in [-0.15, -0.1) is 0 Å². The van der Waals surface area contributed by atoms with Crippen LogP contribution in [0.1, 0.15) is 33.7 Å². The Balaban J connectivity index is 1.55. The van der Waals surface area contributed by atoms with Crippen LogP contribution in [0.2, 0.25) is 5.02 Å². The molecule has 0 bridgehead atoms. The number of hydrogen-bond donors (Lipinski definition) is 1. The van der Waals surface area contributed by atoms with Gasteiger partial charge in [-0.05, 0) is 37.1 Å². The van der Waals surface area contributed by atoms with Gasteiger partial charge < -0.3 is 10.2 Å². The Bertz CT molecular complexity index is 728. The number of halogens is 1. The number of amides is 2. The quantitative estimate of drug-likeness (QED) is 0.932. The standard InChI is InChI=1S/C18H18ClN3O2/c19-15-6-2-1-5-14(15)18(24)22-11-8-13(9-12-22)21-17(23)16-7-3-4-10-20-16/h1-7,10,13H,8-9,11-12H2,(H,21,23). The van der Waals surface area contributed by atoms with Gasteiger partial charge in [0.05, 0.1) is 10.6 Å². The zero-order valence-electron chi connectivity index (χ0n) is 13.1. The van der Waals surface area contributed by atoms with Crippen LogP contribution in [-0.4, -0.2) is 40.8 Å². The van der Waals surface area contributed by atoms with E-state index in [1.165, 1.54) is 0 Å². The van der Waals surface area contributed by atoms with Gasteiger partial charge in [-0.1, -0.05) is 29.8 Å². The van der Waals surface area contributed by atoms with Crippen LogP contribution in [0.5, 0.6) is 0 Å². The van der Waals surface area contributed by atoms with E-state index < -0.39 is 0 Å². The molecule has 24 heavy (non-hydrogen) atoms. The Morgan fingerprint density at radius 1 is 1.08 bits per heavy atom. The Hall–Kier alpha value is -2.40. The molecular formula is C18H18ClN3O2. The van der Waals surface area contributed by atoms with Crippen LogP contribution in [0, 0.1) is 0 Å². The molecular weight excluding hydrogens is 326 g/mol. The fraction of sp³-hybridized carbons (Fsp3) is 0.278. The summed E-state index contributed by atoms with van der Waals surface area (Å²) in [5, 5.41) is 3.45. The maximum atomic E-state index is 12.5. The topological polar surface area (TPSA) is 62.3 Å². The van der Waals surface area contributed by atoms with Gasteiger partial charge >= 0.3 is 0 Å². The first-order valence-electron chi connectivity index (χ1n) is 7.91. The predicted molar refractivity (Wildman–Crippen MR) is 92.1 cm³/mol. The SMILES string of the molecule is O=C(NC1CCN(C(=O)c2ccccc2Cl)CC1)c1ccccn1. The van der Waals surface area contributed by atoms with Crippen LogP contribution in [0.25, 0.3) is 0 Å². The predicted octanol–water partition coefficient (Wildman–Crippen LogP) is 2.77. The van der Waals surface area contributed by atoms with E-state index in [-0.39, 0.29) is 17.9 Å². The number of pyridine rings is 1. The number of rotatable bonds is 3. The first-order chi connectivity index (χ1) is 11.6. The second-order valence-corrected chi connectivity index (χ2v) is 6.14. The summed E-state index contributed by atoms with van der Waals surface area (Å²) in [6, 6.07) is 12.4. The molecule has 0 spiro atoms. The smallest absolute Gasteiger partial charge is 0.270 e. The van der Waals surface area contributed by atoms with E-state index in [1.54, 1.807) is 53.6 Å². The van der Waals surface area contributed by atoms with Gasteiger partial charge in [-0.25, -0.2) is 0 Å². The maximum absolute atomic E-state index is 12.5. The van der Waals surface area contributed by atoms with E-state index in [0.717, 1.165) is 12.8 Å². The number of likely N-dealkylation sites (tertiary alicyclic amines) is 1. The zero-order valence-corrected chi connectivity index (χ0v) is 13.9. The van der Waals surface area contributed by atoms with Gasteiger partial charge in [-0.3, -0.25) is 14.6 Å². The van der Waals surface area contributed by atoms with Crippen molar-refractivity contribution in [1.29, 1.82) is 0 Å². The summed E-state index contributed by atoms with van der Waals surface area (Å²) in [5.41, 5.74) is 0.933. The Labute approximate surface area is 145 Å². The van der Waals surface area contributed by atoms with Crippen LogP contribution >= 0.6 is 11.6 Å². The summed E-state index contributed by atoms with van der Waals surface area (Å²) in [6.07, 6.45) is 3.03. The number of hydrogen-bond acceptors (Lipinski definition) is 3. The molecule has 1 aromatic carbocycles. The molecule has 1 aromatic heterocycles. The van der Waals surface area contributed by atoms with E-state index in [1.807, 2.05) is 0 Å². The lowest BCUT2D eigenvalue weighted by Crippen LogP contribution is -2.46. The minimum absolute atomic E-state index is 0.0507. The molecule has 1 N–H and O–H groups in total. The molecule has 3 rings (SSSR count). The number of piperidine rings is 1. The molecule has 0 aliphatic carbocycles. The highest BCUT2D eigenvalue weighted by molar-refractivity contribution is 6.33. The summed E-state index contributed by atoms with van der Waals surface area (Å²) in [5.74, 6) is -0.235. The molecule has 2 heterocycles. The van der Waals surface area contributed by atoms with E-state index in [9.17, 15) is 9.59 Å². The van der Waals surface area contributed by atoms with Gasteiger partial charge in [0, 0.05) is 25.3 Å². The third-order valence-electron chi connectivity index (χ3n) is 4.12. The Kier molecular flexibility index (Phi) is 5.11. The van der Waals surface area contributed by atoms with Gasteiger partial charge in [0.15, 0.2) is 0 Å². The molecule has 1 saturated heterocycles. The highest BCUT2D eigenvalue weighted by Crippen LogP contribution is 2.20. The number of nitrogens with one attached hydrogen (secondary N) is 1. The van der Waals surface area contributed by atoms with Gasteiger partial charge in [0.1, 0.15) is 5.69 Å². The fourth-order valence-electron chi connectivity index (χ4n) is 2.79. The average Bonchev–Trinajstić information content (AvgIpc) is 2.63. The minimum Gasteiger partial charge on any atom is -0.348 e. The molecule has 6 heteroatoms. The largest absolute Gasteiger partial charge is 0.348 e. The number of carbonyl (C=O) groups is 2. The van der Waals surface area contributed by atoms with Crippen molar-refractivity contribution in [2.24, 2.45) is 0 Å². The van der Waals surface area contributed by atoms with Crippen molar-refractivity contribution in [1.82, 2.24) is 15.2 Å². The lowest BCUT2D eigenvalue weighted by atomic mass is 10.0. The van der Waals surface area contributed by atoms with Crippen molar-refractivity contribution in [3.63, 3.8) is 0 Å². The molecule has 1 fully saturated rings. The highest BCUT2D eigenvalue weighted by Gasteiger charge is 2.25. The van der Waals surface area contributed by atoms with E-state index in [0.29, 0.717) is 29.4 Å². The molecule has 2 amide bonds. The number of benzene rings is 1. The van der Waals surface area contributed by atoms with Crippen molar-refractivity contribution < 1.29 is 9.59 Å². The molecule has 0 atom stereocenters. The van der Waals surface area contributed by atoms with Gasteiger partial charge in [-0.2, -0.15) is 0 Å². The Morgan fingerprint density at radius 3 is 2.46 bits per heavy atom. The van der Waals surface area contributed by atoms with Crippen molar-refractivity contribution in [3.05, 3.63) is 64.9 Å². The zero-order chi connectivity index (χ0) is 16.9. The Morgan fingerprint density at radius 2 is 1.79 bits per heavy atom. The monoisotopic (exact) mass is 343 g/mol. The highest BCUT2D eigenvalue weighted by atomic mass is 35.5. The molecule has 1 aliphatic heterocycles. The molecule has 124 valence electrons. The normalized spacial score (nSPS) is 15.1. The molecule has 5 nitrogen and oxygen atoms in total. The number of aromatic nitrogens is 1. The third kappa shape index (κ3) is 3.74. The summed E-state index contributed by atoms with van der Waals surface area (Å²) in [4.78, 5) is 30.5. The van der Waals surface area contributed by atoms with E-state index in [2.05, 4.69) is 10.3 Å². The van der Waals surface area contributed by atoms with Crippen LogP contribution < -0.4 is 5.32 Å². The lowest BCUT2D eigenvalue weighted by Gasteiger charge is -2.32. The van der Waals surface area contributed by atoms with Crippen LogP contribution in [0.15, 0.2) is 48.7 Å². The number of nitrogens with zero attached hydrogens (tertiary/aromatic N) is 2. The first-order valence-corrected chi connectivity index (χ1v) is 8.28. The lowest BCUT2D eigenvalue weighted by molar-refractivity contribution is 0.0698. The second kappa shape index (κ2) is 7.45. The molecule has 2 aromatic rings. The van der Waals surface area contributed by atoms with Crippen LogP contribution in [-0.2, 0) is 0 Å². The minimum atomic E-state index is -0.175. The van der Waals surface area contributed by atoms with Gasteiger partial charge in [0.2, 0.25) is 0 Å². The van der Waals surface area contributed by atoms with Crippen molar-refractivity contribution in [2.75, 3.05) is 13.1 Å². The van der Waals surface area contributed by atoms with Crippen molar-refractivity contribution in [3.8, 4) is 0 Å². The van der Waals surface area contributed by atoms with Crippen LogP contribution in [0.4, 0.5) is 0 Å². The summed E-state index contributed by atoms with van der Waals surface area (Å²) >= 11 is 6.09. The van der Waals surface area contributed by atoms with Crippen molar-refractivity contribution >= 4 is 23.4 Å². The first kappa shape index (κ1) is 16.5. The molecule has 0 radical (unpaired) electrons. The summed E-state index contributed by atoms with van der Waals surface area (Å²) in [6.45, 7) is 1.19. The summed E-state index contributed by atoms with van der Waals surface area (Å²) < 4.78 is 0. The fourth-order valence-corrected chi connectivity index (χ4v) is 3.00. The van der Waals surface area contributed by atoms with Crippen LogP contribution in [0.3, 0.4) is 0 Å². The maximum Gasteiger partial charge on any atom is 0.270 e. The molecule has 0 unspecified atom stereocenters. The van der Waals surface area contributed by atoms with E-state index in [4.69, 9.17) is 11.6 Å². The average molecular weight is 344 g/mol. The van der Waals surface area contributed by atoms with E-state index >= 15 is 0 Å². The van der Waals surface area contributed by atoms with Gasteiger partial charge in [0.25, 0.3) is 11.8 Å². The summed E-state index contributed by atoms with van der Waals surface area (Å²) in [7, 11) is 0. The molecule has 0 saturated carbocycles. The number of carbonyl (C=O) groups excluding carboxylic acids is 2.